The zero-order valence-corrected chi connectivity index (χ0v) is 19.9. The number of aryl methyl sites for hydroxylation is 1. The van der Waals surface area contributed by atoms with Gasteiger partial charge in [-0.25, -0.2) is 13.8 Å². The van der Waals surface area contributed by atoms with E-state index in [4.69, 9.17) is 4.98 Å². The van der Waals surface area contributed by atoms with Crippen LogP contribution in [0.15, 0.2) is 21.3 Å². The van der Waals surface area contributed by atoms with Crippen LogP contribution in [0.3, 0.4) is 0 Å². The number of nitrogens with zero attached hydrogens (tertiary/aromatic N) is 4. The fraction of sp³-hybridized carbons (Fsp3) is 0.591. The molecule has 0 aliphatic carbocycles. The van der Waals surface area contributed by atoms with Crippen LogP contribution in [0, 0.1) is 6.92 Å². The molecule has 170 valence electrons. The van der Waals surface area contributed by atoms with Crippen molar-refractivity contribution < 1.29 is 13.3 Å². The molecular weight excluding hydrogens is 422 g/mol. The minimum absolute atomic E-state index is 0.191. The molecule has 9 heteroatoms. The molecule has 31 heavy (non-hydrogen) atoms. The Kier molecular flexibility index (Phi) is 6.34. The van der Waals surface area contributed by atoms with Crippen LogP contribution >= 0.6 is 0 Å². The monoisotopic (exact) mass is 452 g/mol. The van der Waals surface area contributed by atoms with E-state index in [1.807, 2.05) is 40.7 Å². The Morgan fingerprint density at radius 2 is 1.97 bits per heavy atom. The van der Waals surface area contributed by atoms with Crippen molar-refractivity contribution >= 4 is 28.0 Å². The zero-order valence-electron chi connectivity index (χ0n) is 19.1. The van der Waals surface area contributed by atoms with Gasteiger partial charge in [-0.05, 0) is 52.3 Å². The van der Waals surface area contributed by atoms with Gasteiger partial charge in [-0.2, -0.15) is 0 Å². The summed E-state index contributed by atoms with van der Waals surface area (Å²) >= 11 is -1.45. The van der Waals surface area contributed by atoms with Crippen molar-refractivity contribution in [2.75, 3.05) is 19.6 Å². The molecule has 2 heterocycles. The molecule has 1 aliphatic heterocycles. The lowest BCUT2D eigenvalue weighted by Crippen LogP contribution is -2.60. The Labute approximate surface area is 184 Å². The van der Waals surface area contributed by atoms with Crippen molar-refractivity contribution in [3.8, 4) is 0 Å². The number of fused-ring (bicyclic) bond motifs is 1. The minimum Gasteiger partial charge on any atom is -0.591 e. The molecule has 1 aromatic heterocycles. The van der Waals surface area contributed by atoms with Crippen LogP contribution in [-0.4, -0.2) is 55.5 Å². The second-order valence-corrected chi connectivity index (χ2v) is 11.6. The Bertz CT molecular complexity index is 1090. The lowest BCUT2D eigenvalue weighted by Gasteiger charge is -2.47. The van der Waals surface area contributed by atoms with Crippen molar-refractivity contribution in [1.29, 1.82) is 0 Å². The zero-order chi connectivity index (χ0) is 23.3. The first-order valence-corrected chi connectivity index (χ1v) is 11.3. The lowest BCUT2D eigenvalue weighted by molar-refractivity contribution is 0.00893. The number of aromatic nitrogens is 2. The van der Waals surface area contributed by atoms with Crippen LogP contribution in [0.5, 0.6) is 0 Å². The van der Waals surface area contributed by atoms with Crippen molar-refractivity contribution in [3.63, 3.8) is 0 Å². The van der Waals surface area contributed by atoms with E-state index in [2.05, 4.69) is 4.40 Å². The van der Waals surface area contributed by atoms with E-state index >= 15 is 0 Å². The topological polar surface area (TPSA) is 73.6 Å². The second-order valence-electron chi connectivity index (χ2n) is 9.67. The predicted molar refractivity (Wildman–Crippen MR) is 122 cm³/mol. The highest BCUT2D eigenvalue weighted by molar-refractivity contribution is 7.91. The van der Waals surface area contributed by atoms with Crippen molar-refractivity contribution in [2.24, 2.45) is 11.4 Å². The maximum Gasteiger partial charge on any atom is 0.261 e. The van der Waals surface area contributed by atoms with Gasteiger partial charge in [-0.15, -0.1) is 0 Å². The Hall–Kier alpha value is -1.84. The van der Waals surface area contributed by atoms with Crippen LogP contribution in [-0.2, 0) is 23.8 Å². The third kappa shape index (κ3) is 4.68. The molecule has 1 aromatic carbocycles. The van der Waals surface area contributed by atoms with Crippen LogP contribution < -0.4 is 5.56 Å². The minimum atomic E-state index is -2.39. The summed E-state index contributed by atoms with van der Waals surface area (Å²) in [5, 5.41) is 0.463. The molecule has 1 aliphatic rings. The molecule has 0 bridgehead atoms. The maximum atomic E-state index is 13.2. The first-order valence-electron chi connectivity index (χ1n) is 10.2. The number of rotatable bonds is 5. The van der Waals surface area contributed by atoms with Gasteiger partial charge in [0, 0.05) is 25.7 Å². The smallest absolute Gasteiger partial charge is 0.261 e. The predicted octanol–water partition coefficient (Wildman–Crippen LogP) is 3.35. The Balaban J connectivity index is 2.14. The molecule has 2 aromatic rings. The summed E-state index contributed by atoms with van der Waals surface area (Å²) in [6, 6.07) is 3.68. The fourth-order valence-electron chi connectivity index (χ4n) is 4.05. The van der Waals surface area contributed by atoms with Crippen LogP contribution in [0.4, 0.5) is 8.78 Å². The molecule has 1 atom stereocenters. The summed E-state index contributed by atoms with van der Waals surface area (Å²) in [6.07, 6.45) is -2.39. The van der Waals surface area contributed by atoms with E-state index < -0.39 is 27.9 Å². The summed E-state index contributed by atoms with van der Waals surface area (Å²) in [5.74, 6) is 0.561. The van der Waals surface area contributed by atoms with Crippen molar-refractivity contribution in [1.82, 2.24) is 14.5 Å². The maximum absolute atomic E-state index is 13.2. The fourth-order valence-corrected chi connectivity index (χ4v) is 4.67. The standard InChI is InChI=1S/C22H30F2N4O2S/c1-13-8-15(14(2)26-31(30)21(3,4)5)18-16(9-13)19(29)27(7)20(25-18)22(6)11-28(12-22)10-17(23)24/h8-9,17H,10-12H2,1-7H3/t31-/m1/s1. The number of halogens is 2. The van der Waals surface area contributed by atoms with Gasteiger partial charge < -0.3 is 4.55 Å². The van der Waals surface area contributed by atoms with E-state index in [0.29, 0.717) is 41.1 Å². The SMILES string of the molecule is CC(=N[S@+]([O-])C(C)(C)C)c1cc(C)cc2c(=O)n(C)c(C3(C)CN(CC(F)F)C3)nc12. The van der Waals surface area contributed by atoms with Gasteiger partial charge in [-0.3, -0.25) is 14.3 Å². The van der Waals surface area contributed by atoms with Gasteiger partial charge >= 0.3 is 0 Å². The highest BCUT2D eigenvalue weighted by Gasteiger charge is 2.44. The Morgan fingerprint density at radius 3 is 2.52 bits per heavy atom. The highest BCUT2D eigenvalue weighted by atomic mass is 32.2. The summed E-state index contributed by atoms with van der Waals surface area (Å²) in [5.41, 5.74) is 1.90. The summed E-state index contributed by atoms with van der Waals surface area (Å²) in [6.45, 7) is 11.7. The summed E-state index contributed by atoms with van der Waals surface area (Å²) < 4.78 is 43.4. The van der Waals surface area contributed by atoms with Gasteiger partial charge in [-0.1, -0.05) is 11.3 Å². The summed E-state index contributed by atoms with van der Waals surface area (Å²) in [7, 11) is 1.67. The molecule has 1 fully saturated rings. The molecule has 6 nitrogen and oxygen atoms in total. The molecule has 3 rings (SSSR count). The first kappa shape index (κ1) is 23.8. The number of alkyl halides is 2. The van der Waals surface area contributed by atoms with E-state index in [1.165, 1.54) is 4.57 Å². The van der Waals surface area contributed by atoms with Crippen LogP contribution in [0.1, 0.15) is 51.6 Å². The van der Waals surface area contributed by atoms with Crippen LogP contribution in [0.25, 0.3) is 10.9 Å². The normalized spacial score (nSPS) is 18.5. The van der Waals surface area contributed by atoms with Gasteiger partial charge in [0.2, 0.25) is 0 Å². The summed E-state index contributed by atoms with van der Waals surface area (Å²) in [4.78, 5) is 19.7. The highest BCUT2D eigenvalue weighted by Crippen LogP contribution is 2.34. The van der Waals surface area contributed by atoms with Crippen molar-refractivity contribution in [2.45, 2.75) is 58.1 Å². The third-order valence-corrected chi connectivity index (χ3v) is 7.03. The van der Waals surface area contributed by atoms with E-state index in [9.17, 15) is 18.1 Å². The van der Waals surface area contributed by atoms with E-state index in [1.54, 1.807) is 24.9 Å². The average molecular weight is 453 g/mol. The van der Waals surface area contributed by atoms with Crippen LogP contribution in [0.2, 0.25) is 0 Å². The number of likely N-dealkylation sites (tertiary alicyclic amines) is 1. The Morgan fingerprint density at radius 1 is 1.35 bits per heavy atom. The van der Waals surface area contributed by atoms with Crippen molar-refractivity contribution in [3.05, 3.63) is 39.4 Å². The molecular formula is C22H30F2N4O2S. The van der Waals surface area contributed by atoms with Gasteiger partial charge in [0.1, 0.15) is 21.9 Å². The largest absolute Gasteiger partial charge is 0.591 e. The number of benzene rings is 1. The number of hydrogen-bond donors (Lipinski definition) is 0. The third-order valence-electron chi connectivity index (χ3n) is 5.54. The molecule has 1 saturated heterocycles. The quantitative estimate of drug-likeness (QED) is 0.515. The molecule has 0 amide bonds. The van der Waals surface area contributed by atoms with E-state index in [-0.39, 0.29) is 12.1 Å². The van der Waals surface area contributed by atoms with Gasteiger partial charge in [0.05, 0.1) is 28.6 Å². The molecule has 0 saturated carbocycles. The first-order chi connectivity index (χ1) is 14.2. The molecule has 0 unspecified atom stereocenters. The average Bonchev–Trinajstić information content (AvgIpc) is 2.61. The molecule has 0 radical (unpaired) electrons. The van der Waals surface area contributed by atoms with Gasteiger partial charge in [0.15, 0.2) is 0 Å². The molecule has 0 N–H and O–H groups in total. The second kappa shape index (κ2) is 8.26. The lowest BCUT2D eigenvalue weighted by atomic mass is 9.80. The van der Waals surface area contributed by atoms with E-state index in [0.717, 1.165) is 5.56 Å². The molecule has 0 spiro atoms. The number of hydrogen-bond acceptors (Lipinski definition) is 5. The van der Waals surface area contributed by atoms with Gasteiger partial charge in [0.25, 0.3) is 12.0 Å².